The third-order valence-corrected chi connectivity index (χ3v) is 10.4. The summed E-state index contributed by atoms with van der Waals surface area (Å²) in [4.78, 5) is 18.0. The molecule has 0 spiro atoms. The lowest BCUT2D eigenvalue weighted by atomic mass is 9.80. The number of hydrogen-bond acceptors (Lipinski definition) is 6. The monoisotopic (exact) mass is 578 g/mol. The van der Waals surface area contributed by atoms with Gasteiger partial charge in [-0.25, -0.2) is 13.8 Å². The number of rotatable bonds is 9. The molecule has 0 bridgehead atoms. The van der Waals surface area contributed by atoms with Gasteiger partial charge in [-0.05, 0) is 68.2 Å². The van der Waals surface area contributed by atoms with Crippen LogP contribution in [0.2, 0.25) is 0 Å². The molecular formula is C33H44F2N6O. The van der Waals surface area contributed by atoms with E-state index < -0.39 is 11.6 Å². The molecule has 2 saturated heterocycles. The number of nitrogens with zero attached hydrogens (tertiary/aromatic N) is 5. The Morgan fingerprint density at radius 2 is 1.83 bits per heavy atom. The van der Waals surface area contributed by atoms with E-state index in [0.717, 1.165) is 97.3 Å². The number of aromatic amines is 1. The fourth-order valence-corrected chi connectivity index (χ4v) is 7.77. The molecule has 4 aliphatic rings. The van der Waals surface area contributed by atoms with Crippen LogP contribution in [0, 0.1) is 17.6 Å². The molecule has 9 heteroatoms. The molecule has 2 aromatic carbocycles. The second-order valence-corrected chi connectivity index (χ2v) is 13.1. The molecule has 4 fully saturated rings. The van der Waals surface area contributed by atoms with Crippen molar-refractivity contribution in [3.8, 4) is 0 Å². The fourth-order valence-electron chi connectivity index (χ4n) is 7.77. The summed E-state index contributed by atoms with van der Waals surface area (Å²) in [6, 6.07) is 12.1. The highest BCUT2D eigenvalue weighted by Gasteiger charge is 2.58. The maximum Gasteiger partial charge on any atom is 0.204 e. The van der Waals surface area contributed by atoms with Crippen molar-refractivity contribution < 1.29 is 13.5 Å². The van der Waals surface area contributed by atoms with E-state index >= 15 is 0 Å². The zero-order valence-corrected chi connectivity index (χ0v) is 24.8. The van der Waals surface area contributed by atoms with E-state index in [0.29, 0.717) is 28.4 Å². The van der Waals surface area contributed by atoms with Crippen LogP contribution in [0.4, 0.5) is 14.7 Å². The van der Waals surface area contributed by atoms with Crippen LogP contribution in [-0.2, 0) is 16.7 Å². The van der Waals surface area contributed by atoms with Crippen molar-refractivity contribution in [1.29, 1.82) is 0 Å². The molecule has 0 amide bonds. The standard InChI is InChI=1S/C33H44F2N6O/c1-38-10-12-39(13-11-38)8-3-9-41(32-36-30-20-28(34)29(35)21-31(30)37-32)27-6-7-33(22-26(33)19-27)25-5-2-4-24(18-25)23-40-14-16-42-17-15-40/h2,4-5,18,20-21,26-27H,3,6-17,19,22-23H2,1H3,(H,36,37)/t26-,27+,33+/m0/s1. The van der Waals surface area contributed by atoms with Crippen molar-refractivity contribution in [3.63, 3.8) is 0 Å². The van der Waals surface area contributed by atoms with Crippen LogP contribution in [-0.4, -0.2) is 103 Å². The van der Waals surface area contributed by atoms with Crippen molar-refractivity contribution in [2.75, 3.05) is 77.5 Å². The first-order valence-corrected chi connectivity index (χ1v) is 15.9. The first kappa shape index (κ1) is 28.2. The summed E-state index contributed by atoms with van der Waals surface area (Å²) in [5.74, 6) is -0.276. The van der Waals surface area contributed by atoms with Crippen molar-refractivity contribution in [2.45, 2.75) is 50.1 Å². The molecule has 7 nitrogen and oxygen atoms in total. The van der Waals surface area contributed by atoms with E-state index in [9.17, 15) is 8.78 Å². The van der Waals surface area contributed by atoms with Gasteiger partial charge in [-0.3, -0.25) is 4.90 Å². The molecule has 42 heavy (non-hydrogen) atoms. The minimum Gasteiger partial charge on any atom is -0.379 e. The third kappa shape index (κ3) is 5.81. The molecule has 0 radical (unpaired) electrons. The summed E-state index contributed by atoms with van der Waals surface area (Å²) in [6.45, 7) is 11.1. The smallest absolute Gasteiger partial charge is 0.204 e. The molecule has 2 saturated carbocycles. The quantitative estimate of drug-likeness (QED) is 0.400. The molecule has 3 heterocycles. The molecule has 0 unspecified atom stereocenters. The van der Waals surface area contributed by atoms with E-state index in [4.69, 9.17) is 9.72 Å². The van der Waals surface area contributed by atoms with E-state index in [1.54, 1.807) is 0 Å². The van der Waals surface area contributed by atoms with Gasteiger partial charge in [0.15, 0.2) is 11.6 Å². The SMILES string of the molecule is CN1CCN(CCCN(c2nc3cc(F)c(F)cc3[nH]2)[C@@H]2CC[C@]3(c4cccc(CN5CCOCC5)c4)C[C@@H]3C2)CC1. The van der Waals surface area contributed by atoms with Crippen molar-refractivity contribution in [2.24, 2.45) is 5.92 Å². The predicted molar refractivity (Wildman–Crippen MR) is 162 cm³/mol. The van der Waals surface area contributed by atoms with E-state index in [-0.39, 0.29) is 0 Å². The molecule has 1 N–H and O–H groups in total. The zero-order valence-electron chi connectivity index (χ0n) is 24.8. The maximum absolute atomic E-state index is 14.0. The average Bonchev–Trinajstić information content (AvgIpc) is 3.62. The number of hydrogen-bond donors (Lipinski definition) is 1. The Morgan fingerprint density at radius 3 is 2.64 bits per heavy atom. The molecule has 2 aliphatic heterocycles. The van der Waals surface area contributed by atoms with Gasteiger partial charge in [-0.1, -0.05) is 24.3 Å². The van der Waals surface area contributed by atoms with Gasteiger partial charge < -0.3 is 24.4 Å². The number of piperazine rings is 1. The predicted octanol–water partition coefficient (Wildman–Crippen LogP) is 4.63. The highest BCUT2D eigenvalue weighted by molar-refractivity contribution is 5.78. The summed E-state index contributed by atoms with van der Waals surface area (Å²) in [7, 11) is 2.19. The summed E-state index contributed by atoms with van der Waals surface area (Å²) >= 11 is 0. The molecular weight excluding hydrogens is 534 g/mol. The lowest BCUT2D eigenvalue weighted by Crippen LogP contribution is -2.46. The topological polar surface area (TPSA) is 50.9 Å². The number of nitrogens with one attached hydrogen (secondary N) is 1. The van der Waals surface area contributed by atoms with Gasteiger partial charge in [0.25, 0.3) is 0 Å². The first-order valence-electron chi connectivity index (χ1n) is 15.9. The minimum atomic E-state index is -0.849. The van der Waals surface area contributed by atoms with Crippen LogP contribution in [0.1, 0.15) is 43.2 Å². The van der Waals surface area contributed by atoms with Crippen LogP contribution in [0.3, 0.4) is 0 Å². The Balaban J connectivity index is 1.06. The average molecular weight is 579 g/mol. The normalized spacial score (nSPS) is 27.3. The second-order valence-electron chi connectivity index (χ2n) is 13.1. The van der Waals surface area contributed by atoms with Crippen LogP contribution in [0.15, 0.2) is 36.4 Å². The Kier molecular flexibility index (Phi) is 7.94. The maximum atomic E-state index is 14.0. The molecule has 3 aromatic rings. The number of fused-ring (bicyclic) bond motifs is 2. The Labute approximate surface area is 247 Å². The molecule has 3 atom stereocenters. The van der Waals surface area contributed by atoms with Gasteiger partial charge >= 0.3 is 0 Å². The first-order chi connectivity index (χ1) is 20.5. The zero-order chi connectivity index (χ0) is 28.7. The van der Waals surface area contributed by atoms with Crippen molar-refractivity contribution in [1.82, 2.24) is 24.7 Å². The molecule has 1 aromatic heterocycles. The number of imidazole rings is 1. The lowest BCUT2D eigenvalue weighted by molar-refractivity contribution is 0.0342. The third-order valence-electron chi connectivity index (χ3n) is 10.4. The Morgan fingerprint density at radius 1 is 1.02 bits per heavy atom. The molecule has 7 rings (SSSR count). The Hall–Kier alpha value is -2.59. The number of aromatic nitrogens is 2. The van der Waals surface area contributed by atoms with Gasteiger partial charge in [0, 0.05) is 70.5 Å². The van der Waals surface area contributed by atoms with Gasteiger partial charge in [0.05, 0.1) is 24.2 Å². The number of likely N-dealkylation sites (N-methyl/N-ethyl adjacent to an activating group) is 1. The number of H-pyrrole nitrogens is 1. The fraction of sp³-hybridized carbons (Fsp3) is 0.606. The lowest BCUT2D eigenvalue weighted by Gasteiger charge is -2.38. The number of morpholine rings is 1. The summed E-state index contributed by atoms with van der Waals surface area (Å²) < 4.78 is 33.6. The molecule has 2 aliphatic carbocycles. The number of anilines is 1. The summed E-state index contributed by atoms with van der Waals surface area (Å²) in [6.07, 6.45) is 5.68. The van der Waals surface area contributed by atoms with E-state index in [1.807, 2.05) is 0 Å². The highest BCUT2D eigenvalue weighted by atomic mass is 19.2. The van der Waals surface area contributed by atoms with E-state index in [1.165, 1.54) is 36.1 Å². The number of halogens is 2. The van der Waals surface area contributed by atoms with Crippen molar-refractivity contribution in [3.05, 3.63) is 59.2 Å². The Bertz CT molecular complexity index is 1350. The van der Waals surface area contributed by atoms with Gasteiger partial charge in [-0.2, -0.15) is 0 Å². The van der Waals surface area contributed by atoms with Gasteiger partial charge in [0.1, 0.15) is 0 Å². The minimum absolute atomic E-state index is 0.295. The van der Waals surface area contributed by atoms with Crippen LogP contribution < -0.4 is 4.90 Å². The van der Waals surface area contributed by atoms with Gasteiger partial charge in [0.2, 0.25) is 5.95 Å². The second kappa shape index (κ2) is 11.8. The van der Waals surface area contributed by atoms with Gasteiger partial charge in [-0.15, -0.1) is 0 Å². The van der Waals surface area contributed by atoms with E-state index in [2.05, 4.69) is 55.9 Å². The summed E-state index contributed by atoms with van der Waals surface area (Å²) in [5, 5.41) is 0. The highest BCUT2D eigenvalue weighted by Crippen LogP contribution is 2.63. The number of benzene rings is 2. The van der Waals surface area contributed by atoms with Crippen LogP contribution in [0.5, 0.6) is 0 Å². The van der Waals surface area contributed by atoms with Crippen molar-refractivity contribution >= 4 is 17.0 Å². The molecule has 226 valence electrons. The van der Waals surface area contributed by atoms with Crippen LogP contribution in [0.25, 0.3) is 11.0 Å². The van der Waals surface area contributed by atoms with Crippen LogP contribution >= 0.6 is 0 Å². The summed E-state index contributed by atoms with van der Waals surface area (Å²) in [5.41, 5.74) is 4.25. The number of ether oxygens (including phenoxy) is 1. The largest absolute Gasteiger partial charge is 0.379 e.